The van der Waals surface area contributed by atoms with Gasteiger partial charge in [0.2, 0.25) is 15.9 Å². The fraction of sp³-hybridized carbons (Fsp3) is 0.476. The molecule has 0 N–H and O–H groups in total. The Labute approximate surface area is 175 Å². The van der Waals surface area contributed by atoms with Gasteiger partial charge in [0.05, 0.1) is 22.4 Å². The van der Waals surface area contributed by atoms with Gasteiger partial charge in [0, 0.05) is 44.0 Å². The largest absolute Gasteiger partial charge is 0.339 e. The Morgan fingerprint density at radius 1 is 1.13 bits per heavy atom. The Morgan fingerprint density at radius 2 is 1.97 bits per heavy atom. The summed E-state index contributed by atoms with van der Waals surface area (Å²) in [5.74, 6) is 1.33. The predicted octanol–water partition coefficient (Wildman–Crippen LogP) is 1.96. The molecular weight excluding hydrogens is 402 g/mol. The van der Waals surface area contributed by atoms with Gasteiger partial charge < -0.3 is 4.52 Å². The topological polar surface area (TPSA) is 92.4 Å². The maximum atomic E-state index is 12.5. The highest BCUT2D eigenvalue weighted by Gasteiger charge is 2.58. The normalized spacial score (nSPS) is 25.2. The molecule has 2 aromatic heterocycles. The summed E-state index contributed by atoms with van der Waals surface area (Å²) in [6.07, 6.45) is 0. The van der Waals surface area contributed by atoms with E-state index in [2.05, 4.69) is 33.2 Å². The minimum Gasteiger partial charge on any atom is -0.339 e. The zero-order chi connectivity index (χ0) is 20.9. The fourth-order valence-corrected chi connectivity index (χ4v) is 6.06. The standard InChI is InChI=1S/C21H25N5O3S/c1-3-30(27,28)26-11-17-10-25(13-21(17,14-26)20-22-15(2)24-29-20)12-18-9-8-16-6-4-5-7-19(16)23-18/h4-9,17H,3,10-14H2,1-2H3/t17-,21-/m0/s1. The van der Waals surface area contributed by atoms with Crippen molar-refractivity contribution in [2.75, 3.05) is 31.9 Å². The molecule has 30 heavy (non-hydrogen) atoms. The number of para-hydroxylation sites is 1. The van der Waals surface area contributed by atoms with Crippen LogP contribution in [-0.2, 0) is 22.0 Å². The molecule has 0 spiro atoms. The summed E-state index contributed by atoms with van der Waals surface area (Å²) in [6, 6.07) is 12.2. The van der Waals surface area contributed by atoms with Crippen LogP contribution < -0.4 is 0 Å². The third-order valence-electron chi connectivity index (χ3n) is 6.40. The van der Waals surface area contributed by atoms with Crippen molar-refractivity contribution >= 4 is 20.9 Å². The van der Waals surface area contributed by atoms with Crippen molar-refractivity contribution in [2.45, 2.75) is 25.8 Å². The molecule has 2 fully saturated rings. The molecule has 0 aliphatic carbocycles. The van der Waals surface area contributed by atoms with E-state index in [0.29, 0.717) is 37.9 Å². The smallest absolute Gasteiger partial charge is 0.235 e. The number of aryl methyl sites for hydroxylation is 1. The quantitative estimate of drug-likeness (QED) is 0.614. The Hall–Kier alpha value is -2.36. The van der Waals surface area contributed by atoms with Gasteiger partial charge in [-0.3, -0.25) is 9.88 Å². The van der Waals surface area contributed by atoms with Gasteiger partial charge in [0.15, 0.2) is 5.82 Å². The van der Waals surface area contributed by atoms with Crippen LogP contribution in [0.2, 0.25) is 0 Å². The second-order valence-electron chi connectivity index (χ2n) is 8.36. The van der Waals surface area contributed by atoms with Crippen molar-refractivity contribution in [3.8, 4) is 0 Å². The predicted molar refractivity (Wildman–Crippen MR) is 112 cm³/mol. The monoisotopic (exact) mass is 427 g/mol. The van der Waals surface area contributed by atoms with Crippen molar-refractivity contribution in [1.82, 2.24) is 24.3 Å². The van der Waals surface area contributed by atoms with Gasteiger partial charge in [-0.1, -0.05) is 29.4 Å². The van der Waals surface area contributed by atoms with Crippen LogP contribution in [0.1, 0.15) is 24.3 Å². The summed E-state index contributed by atoms with van der Waals surface area (Å²) in [6.45, 7) is 6.49. The molecule has 0 unspecified atom stereocenters. The molecule has 9 heteroatoms. The van der Waals surface area contributed by atoms with Crippen LogP contribution in [0.15, 0.2) is 40.9 Å². The Kier molecular flexibility index (Phi) is 4.64. The van der Waals surface area contributed by atoms with E-state index < -0.39 is 15.4 Å². The maximum absolute atomic E-state index is 12.5. The van der Waals surface area contributed by atoms with E-state index in [1.807, 2.05) is 18.2 Å². The summed E-state index contributed by atoms with van der Waals surface area (Å²) in [5.41, 5.74) is 1.51. The van der Waals surface area contributed by atoms with Crippen molar-refractivity contribution in [2.24, 2.45) is 5.92 Å². The van der Waals surface area contributed by atoms with Gasteiger partial charge in [0.1, 0.15) is 0 Å². The highest BCUT2D eigenvalue weighted by atomic mass is 32.2. The number of fused-ring (bicyclic) bond motifs is 2. The van der Waals surface area contributed by atoms with Crippen LogP contribution in [0, 0.1) is 12.8 Å². The Morgan fingerprint density at radius 3 is 2.73 bits per heavy atom. The van der Waals surface area contributed by atoms with Crippen LogP contribution >= 0.6 is 0 Å². The number of sulfonamides is 1. The molecule has 2 aliphatic heterocycles. The van der Waals surface area contributed by atoms with Gasteiger partial charge in [-0.2, -0.15) is 4.98 Å². The van der Waals surface area contributed by atoms with E-state index >= 15 is 0 Å². The van der Waals surface area contributed by atoms with E-state index in [-0.39, 0.29) is 11.7 Å². The molecule has 2 atom stereocenters. The highest BCUT2D eigenvalue weighted by molar-refractivity contribution is 7.89. The lowest BCUT2D eigenvalue weighted by molar-refractivity contribution is 0.243. The molecular formula is C21H25N5O3S. The second kappa shape index (κ2) is 7.11. The lowest BCUT2D eigenvalue weighted by Crippen LogP contribution is -2.40. The van der Waals surface area contributed by atoms with Gasteiger partial charge in [-0.05, 0) is 26.0 Å². The number of rotatable bonds is 5. The average Bonchev–Trinajstić information content (AvgIpc) is 3.41. The number of pyridine rings is 1. The average molecular weight is 428 g/mol. The van der Waals surface area contributed by atoms with Crippen molar-refractivity contribution in [1.29, 1.82) is 0 Å². The number of hydrogen-bond acceptors (Lipinski definition) is 7. The number of likely N-dealkylation sites (tertiary alicyclic amines) is 1. The van der Waals surface area contributed by atoms with Crippen LogP contribution in [-0.4, -0.2) is 64.7 Å². The van der Waals surface area contributed by atoms with Gasteiger partial charge in [-0.15, -0.1) is 0 Å². The molecule has 0 saturated carbocycles. The van der Waals surface area contributed by atoms with Crippen LogP contribution in [0.3, 0.4) is 0 Å². The lowest BCUT2D eigenvalue weighted by Gasteiger charge is -2.25. The van der Waals surface area contributed by atoms with E-state index in [1.54, 1.807) is 18.2 Å². The summed E-state index contributed by atoms with van der Waals surface area (Å²) < 4.78 is 32.3. The summed E-state index contributed by atoms with van der Waals surface area (Å²) in [5, 5.41) is 5.10. The molecule has 1 aromatic carbocycles. The Balaban J connectivity index is 1.43. The van der Waals surface area contributed by atoms with E-state index in [0.717, 1.165) is 23.1 Å². The minimum atomic E-state index is -3.27. The maximum Gasteiger partial charge on any atom is 0.235 e. The molecule has 8 nitrogen and oxygen atoms in total. The van der Waals surface area contributed by atoms with E-state index in [9.17, 15) is 8.42 Å². The first-order valence-corrected chi connectivity index (χ1v) is 11.9. The van der Waals surface area contributed by atoms with Gasteiger partial charge in [-0.25, -0.2) is 12.7 Å². The van der Waals surface area contributed by atoms with Crippen LogP contribution in [0.5, 0.6) is 0 Å². The van der Waals surface area contributed by atoms with E-state index in [1.165, 1.54) is 0 Å². The van der Waals surface area contributed by atoms with E-state index in [4.69, 9.17) is 9.51 Å². The van der Waals surface area contributed by atoms with Crippen molar-refractivity contribution in [3.05, 3.63) is 53.8 Å². The van der Waals surface area contributed by atoms with Crippen molar-refractivity contribution < 1.29 is 12.9 Å². The number of aromatic nitrogens is 3. The summed E-state index contributed by atoms with van der Waals surface area (Å²) in [7, 11) is -3.27. The van der Waals surface area contributed by atoms with Gasteiger partial charge in [0.25, 0.3) is 0 Å². The second-order valence-corrected chi connectivity index (χ2v) is 10.6. The number of nitrogens with zero attached hydrogens (tertiary/aromatic N) is 5. The first kappa shape index (κ1) is 19.6. The fourth-order valence-electron chi connectivity index (χ4n) is 4.87. The zero-order valence-corrected chi connectivity index (χ0v) is 18.0. The molecule has 0 radical (unpaired) electrons. The first-order valence-electron chi connectivity index (χ1n) is 10.3. The summed E-state index contributed by atoms with van der Waals surface area (Å²) in [4.78, 5) is 11.6. The Bertz CT molecular complexity index is 1190. The zero-order valence-electron chi connectivity index (χ0n) is 17.2. The first-order chi connectivity index (χ1) is 14.4. The number of benzene rings is 1. The van der Waals surface area contributed by atoms with Crippen molar-refractivity contribution in [3.63, 3.8) is 0 Å². The molecule has 3 aromatic rings. The molecule has 0 amide bonds. The molecule has 158 valence electrons. The summed E-state index contributed by atoms with van der Waals surface area (Å²) >= 11 is 0. The lowest BCUT2D eigenvalue weighted by atomic mass is 9.81. The SMILES string of the molecule is CCS(=O)(=O)N1C[C@@H]2CN(Cc3ccc4ccccc4n3)C[C@]2(c2nc(C)no2)C1. The highest BCUT2D eigenvalue weighted by Crippen LogP contribution is 2.45. The van der Waals surface area contributed by atoms with Crippen LogP contribution in [0.4, 0.5) is 0 Å². The molecule has 2 saturated heterocycles. The molecule has 5 rings (SSSR count). The van der Waals surface area contributed by atoms with Crippen LogP contribution in [0.25, 0.3) is 10.9 Å². The molecule has 4 heterocycles. The number of hydrogen-bond donors (Lipinski definition) is 0. The molecule has 0 bridgehead atoms. The third-order valence-corrected chi connectivity index (χ3v) is 8.20. The third kappa shape index (κ3) is 3.21. The molecule has 2 aliphatic rings. The van der Waals surface area contributed by atoms with Gasteiger partial charge >= 0.3 is 0 Å². The minimum absolute atomic E-state index is 0.101.